The Kier molecular flexibility index (Phi) is 9.15. The number of nitrogens with two attached hydrogens (primary N) is 1. The van der Waals surface area contributed by atoms with Gasteiger partial charge >= 0.3 is 6.03 Å². The quantitative estimate of drug-likeness (QED) is 0.259. The number of allylic oxidation sites excluding steroid dienone is 3. The van der Waals surface area contributed by atoms with Gasteiger partial charge in [0.15, 0.2) is 0 Å². The Morgan fingerprint density at radius 3 is 2.81 bits per heavy atom. The Bertz CT molecular complexity index is 1120. The lowest BCUT2D eigenvalue weighted by Gasteiger charge is -2.43. The summed E-state index contributed by atoms with van der Waals surface area (Å²) < 4.78 is 0. The van der Waals surface area contributed by atoms with Crippen LogP contribution < -0.4 is 21.3 Å². The number of nitrogens with zero attached hydrogens (tertiary/aromatic N) is 5. The van der Waals surface area contributed by atoms with Gasteiger partial charge in [-0.3, -0.25) is 14.7 Å². The van der Waals surface area contributed by atoms with Gasteiger partial charge in [0.2, 0.25) is 11.9 Å². The minimum absolute atomic E-state index is 0. The first-order valence-electron chi connectivity index (χ1n) is 11.9. The fourth-order valence-corrected chi connectivity index (χ4v) is 4.48. The number of nitrogens with one attached hydrogen (secondary N) is 2. The average Bonchev–Trinajstić information content (AvgIpc) is 2.88. The van der Waals surface area contributed by atoms with Gasteiger partial charge in [-0.2, -0.15) is 4.98 Å². The van der Waals surface area contributed by atoms with Gasteiger partial charge in [-0.1, -0.05) is 38.0 Å². The number of aromatic nitrogens is 2. The number of anilines is 2. The number of hydrogen-bond donors (Lipinski definition) is 3. The first kappa shape index (κ1) is 26.4. The van der Waals surface area contributed by atoms with Crippen molar-refractivity contribution >= 4 is 29.9 Å². The molecule has 1 aliphatic carbocycles. The molecular formula is C26H38N8O2. The number of hydrogen-bond acceptors (Lipinski definition) is 7. The Morgan fingerprint density at radius 1 is 1.33 bits per heavy atom. The summed E-state index contributed by atoms with van der Waals surface area (Å²) in [6.45, 7) is 11.9. The van der Waals surface area contributed by atoms with Crippen molar-refractivity contribution < 1.29 is 12.4 Å². The van der Waals surface area contributed by atoms with Crippen LogP contribution >= 0.6 is 0 Å². The van der Waals surface area contributed by atoms with E-state index in [0.29, 0.717) is 37.0 Å². The van der Waals surface area contributed by atoms with Crippen LogP contribution in [0.15, 0.2) is 72.7 Å². The van der Waals surface area contributed by atoms with Crippen LogP contribution in [0.5, 0.6) is 0 Å². The third kappa shape index (κ3) is 6.26. The minimum Gasteiger partial charge on any atom is -0.403 e. The van der Waals surface area contributed by atoms with Crippen molar-refractivity contribution in [1.29, 1.82) is 0 Å². The van der Waals surface area contributed by atoms with E-state index in [4.69, 9.17) is 10.7 Å². The number of carbonyl (C=O) groups excluding carboxylic acids is 2. The highest BCUT2D eigenvalue weighted by atomic mass is 16.2. The van der Waals surface area contributed by atoms with Crippen LogP contribution in [0, 0.1) is 0 Å². The Hall–Kier alpha value is -4.21. The highest BCUT2D eigenvalue weighted by Gasteiger charge is 2.39. The third-order valence-corrected chi connectivity index (χ3v) is 6.12. The maximum Gasteiger partial charge on any atom is 0.326 e. The summed E-state index contributed by atoms with van der Waals surface area (Å²) in [6.07, 6.45) is 14.3. The maximum atomic E-state index is 13.8. The second kappa shape index (κ2) is 12.5. The van der Waals surface area contributed by atoms with E-state index in [-0.39, 0.29) is 26.9 Å². The molecule has 0 spiro atoms. The molecule has 1 fully saturated rings. The molecule has 2 heterocycles. The molecule has 10 nitrogen and oxygen atoms in total. The zero-order valence-electron chi connectivity index (χ0n) is 20.7. The van der Waals surface area contributed by atoms with Crippen molar-refractivity contribution in [3.05, 3.63) is 73.3 Å². The fraction of sp³-hybridized carbons (Fsp3) is 0.346. The number of aliphatic imine (C=N–C) groups is 1. The molecule has 2 aliphatic rings. The molecule has 0 saturated heterocycles. The van der Waals surface area contributed by atoms with Crippen molar-refractivity contribution in [2.75, 3.05) is 23.8 Å². The molecule has 1 saturated carbocycles. The minimum atomic E-state index is -0.217. The van der Waals surface area contributed by atoms with E-state index in [9.17, 15) is 9.59 Å². The normalized spacial score (nSPS) is 20.6. The highest BCUT2D eigenvalue weighted by molar-refractivity contribution is 5.95. The van der Waals surface area contributed by atoms with Gasteiger partial charge in [-0.25, -0.2) is 9.78 Å². The van der Waals surface area contributed by atoms with E-state index >= 15 is 0 Å². The fourth-order valence-electron chi connectivity index (χ4n) is 4.48. The van der Waals surface area contributed by atoms with Crippen LogP contribution in [0.3, 0.4) is 0 Å². The van der Waals surface area contributed by atoms with E-state index in [0.717, 1.165) is 30.4 Å². The molecule has 1 aromatic rings. The van der Waals surface area contributed by atoms with Crippen LogP contribution in [-0.2, 0) is 11.3 Å². The third-order valence-electron chi connectivity index (χ3n) is 6.12. The maximum absolute atomic E-state index is 13.8. The molecule has 36 heavy (non-hydrogen) atoms. The molecule has 0 bridgehead atoms. The Labute approximate surface area is 215 Å². The number of carbonyl (C=O) groups is 2. The van der Waals surface area contributed by atoms with Gasteiger partial charge in [-0.15, -0.1) is 0 Å². The number of rotatable bonds is 10. The van der Waals surface area contributed by atoms with Crippen molar-refractivity contribution in [3.63, 3.8) is 0 Å². The summed E-state index contributed by atoms with van der Waals surface area (Å²) in [6, 6.07) is -0.366. The van der Waals surface area contributed by atoms with Crippen LogP contribution in [0.4, 0.5) is 16.6 Å². The van der Waals surface area contributed by atoms with Crippen LogP contribution in [-0.4, -0.2) is 58.7 Å². The largest absolute Gasteiger partial charge is 0.403 e. The topological polar surface area (TPSA) is 129 Å². The molecule has 3 rings (SSSR count). The molecule has 10 heteroatoms. The summed E-state index contributed by atoms with van der Waals surface area (Å²) in [5, 5.41) is 6.02. The summed E-state index contributed by atoms with van der Waals surface area (Å²) in [5.41, 5.74) is 7.90. The lowest BCUT2D eigenvalue weighted by atomic mass is 9.89. The molecule has 2 unspecified atom stereocenters. The molecule has 3 amide bonds. The lowest BCUT2D eigenvalue weighted by molar-refractivity contribution is -0.117. The lowest BCUT2D eigenvalue weighted by Crippen LogP contribution is -2.55. The van der Waals surface area contributed by atoms with Gasteiger partial charge < -0.3 is 21.3 Å². The van der Waals surface area contributed by atoms with E-state index in [2.05, 4.69) is 40.3 Å². The second-order valence-corrected chi connectivity index (χ2v) is 8.60. The van der Waals surface area contributed by atoms with Gasteiger partial charge in [0.25, 0.3) is 0 Å². The van der Waals surface area contributed by atoms with Crippen molar-refractivity contribution in [3.8, 4) is 0 Å². The van der Waals surface area contributed by atoms with E-state index in [1.165, 1.54) is 12.3 Å². The van der Waals surface area contributed by atoms with E-state index in [1.54, 1.807) is 41.4 Å². The summed E-state index contributed by atoms with van der Waals surface area (Å²) in [5.74, 6) is 0.639. The number of amides is 3. The first-order valence-corrected chi connectivity index (χ1v) is 11.9. The molecular weight excluding hydrogens is 456 g/mol. The smallest absolute Gasteiger partial charge is 0.326 e. The summed E-state index contributed by atoms with van der Waals surface area (Å²) >= 11 is 0. The number of fused-ring (bicyclic) bond motifs is 1. The highest BCUT2D eigenvalue weighted by Crippen LogP contribution is 2.34. The van der Waals surface area contributed by atoms with Gasteiger partial charge in [-0.05, 0) is 37.3 Å². The monoisotopic (exact) mass is 494 g/mol. The van der Waals surface area contributed by atoms with Crippen molar-refractivity contribution in [2.24, 2.45) is 10.7 Å². The van der Waals surface area contributed by atoms with Gasteiger partial charge in [0.1, 0.15) is 5.82 Å². The van der Waals surface area contributed by atoms with Crippen LogP contribution in [0.25, 0.3) is 0 Å². The number of urea groups is 1. The van der Waals surface area contributed by atoms with E-state index in [1.807, 2.05) is 6.08 Å². The SMILES string of the molecule is C=C/C=C(\C=C)CN1Cc2cnc(N/C(C=NC)=C/N)nc2N(C2CCCC(NC(=O)C=C)C2)C1=O.[HH].[HH]. The molecule has 1 aromatic heterocycles. The summed E-state index contributed by atoms with van der Waals surface area (Å²) in [7, 11) is 1.64. The van der Waals surface area contributed by atoms with Crippen LogP contribution in [0.1, 0.15) is 34.1 Å². The standard InChI is InChI=1S/C26H34N8O2.2H2/c1-5-9-18(6-2)16-33-17-19-14-29-25(31-21(13-27)15-28-4)32-24(19)34(26(33)36)22-11-8-10-20(12-22)30-23(35)7-3;;/h5-7,9,13-15,20,22H,1-3,8,10-12,16-17,27H2,4H3,(H,30,35)(H,29,31,32);2*1H/b18-9+,21-13+,28-15?;;. The second-order valence-electron chi connectivity index (χ2n) is 8.60. The molecule has 1 aliphatic heterocycles. The Balaban J connectivity index is 0.00000361. The molecule has 4 N–H and O–H groups in total. The Morgan fingerprint density at radius 2 is 2.14 bits per heavy atom. The van der Waals surface area contributed by atoms with Crippen LogP contribution in [0.2, 0.25) is 0 Å². The predicted octanol–water partition coefficient (Wildman–Crippen LogP) is 3.54. The summed E-state index contributed by atoms with van der Waals surface area (Å²) in [4.78, 5) is 42.4. The van der Waals surface area contributed by atoms with Gasteiger partial charge in [0.05, 0.1) is 12.2 Å². The zero-order valence-corrected chi connectivity index (χ0v) is 20.7. The van der Waals surface area contributed by atoms with E-state index < -0.39 is 0 Å². The molecule has 0 radical (unpaired) electrons. The molecule has 0 aromatic carbocycles. The predicted molar refractivity (Wildman–Crippen MR) is 148 cm³/mol. The van der Waals surface area contributed by atoms with Crippen molar-refractivity contribution in [1.82, 2.24) is 20.2 Å². The molecule has 2 atom stereocenters. The molecule has 194 valence electrons. The average molecular weight is 495 g/mol. The zero-order chi connectivity index (χ0) is 26.1. The van der Waals surface area contributed by atoms with Crippen molar-refractivity contribution in [2.45, 2.75) is 44.3 Å². The van der Waals surface area contributed by atoms with Gasteiger partial charge in [0, 0.05) is 52.7 Å². The first-order chi connectivity index (χ1) is 17.4.